The van der Waals surface area contributed by atoms with Crippen molar-refractivity contribution in [3.63, 3.8) is 0 Å². The summed E-state index contributed by atoms with van der Waals surface area (Å²) in [5.74, 6) is 0.164. The van der Waals surface area contributed by atoms with Crippen LogP contribution in [0.25, 0.3) is 22.3 Å². The number of alkyl halides is 1. The van der Waals surface area contributed by atoms with Crippen molar-refractivity contribution in [1.82, 2.24) is 43.8 Å². The second-order valence-corrected chi connectivity index (χ2v) is 14.7. The predicted octanol–water partition coefficient (Wildman–Crippen LogP) is -2.05. The van der Waals surface area contributed by atoms with Crippen LogP contribution in [0.5, 0.6) is 0 Å². The molecule has 5 N–H and O–H groups in total. The molecule has 8 rings (SSSR count). The lowest BCUT2D eigenvalue weighted by Crippen LogP contribution is -2.50. The van der Waals surface area contributed by atoms with Crippen LogP contribution < -0.4 is 21.1 Å². The zero-order valence-corrected chi connectivity index (χ0v) is 25.0. The molecule has 0 aromatic carbocycles. The van der Waals surface area contributed by atoms with Gasteiger partial charge in [-0.25, -0.2) is 38.5 Å². The normalized spacial score (nSPS) is 38.1. The molecule has 8 heterocycles. The second-order valence-electron chi connectivity index (χ2n) is 10.6. The summed E-state index contributed by atoms with van der Waals surface area (Å²) in [6, 6.07) is 0. The Balaban J connectivity index is 1.10. The van der Waals surface area contributed by atoms with Gasteiger partial charge in [-0.15, -0.1) is 0 Å². The van der Waals surface area contributed by atoms with Crippen molar-refractivity contribution in [3.8, 4) is 0 Å². The van der Waals surface area contributed by atoms with E-state index < -0.39 is 78.8 Å². The highest BCUT2D eigenvalue weighted by Gasteiger charge is 2.65. The second kappa shape index (κ2) is 10.2. The summed E-state index contributed by atoms with van der Waals surface area (Å²) in [6.45, 7) is -5.88. The number of nitrogens with two attached hydrogens (primary N) is 2. The molecule has 20 nitrogen and oxygen atoms in total. The molecule has 24 heteroatoms. The number of nitrogens with one attached hydrogen (secondary N) is 1. The van der Waals surface area contributed by atoms with E-state index in [4.69, 9.17) is 50.7 Å². The molecule has 1 unspecified atom stereocenters. The Kier molecular flexibility index (Phi) is 6.65. The molecule has 240 valence electrons. The number of nitrogen functional groups attached to an aromatic ring is 2. The molecule has 4 saturated heterocycles. The molecule has 0 spiro atoms. The SMILES string of the molecule is Nc1ncnc2c1ncn2[C@@H]1O[C@@H]2CNS(=O)(=O)O[C@H]3[C@H]4OC[C@]3(COP([O-])(=S)O[C@H]2[C@H]1F)O[C@H]4n1cnc2c(N)ncnc21. The Morgan fingerprint density at radius 1 is 1.00 bits per heavy atom. The number of aromatic nitrogens is 8. The van der Waals surface area contributed by atoms with Gasteiger partial charge in [-0.05, 0) is 0 Å². The minimum absolute atomic E-state index is 0.0505. The van der Waals surface area contributed by atoms with Crippen LogP contribution in [0.3, 0.4) is 0 Å². The van der Waals surface area contributed by atoms with Gasteiger partial charge in [0.1, 0.15) is 60.4 Å². The van der Waals surface area contributed by atoms with E-state index in [9.17, 15) is 13.3 Å². The van der Waals surface area contributed by atoms with E-state index in [2.05, 4.69) is 34.6 Å². The van der Waals surface area contributed by atoms with Crippen LogP contribution in [0.15, 0.2) is 25.3 Å². The van der Waals surface area contributed by atoms with Crippen LogP contribution in [-0.2, 0) is 49.6 Å². The summed E-state index contributed by atoms with van der Waals surface area (Å²) >= 11 is 5.15. The molecule has 4 aromatic rings. The lowest BCUT2D eigenvalue weighted by molar-refractivity contribution is -0.227. The fraction of sp³-hybridized carbons (Fsp3) is 0.524. The Labute approximate surface area is 256 Å². The smallest absolute Gasteiger partial charge is 0.336 e. The Morgan fingerprint density at radius 3 is 2.31 bits per heavy atom. The van der Waals surface area contributed by atoms with Gasteiger partial charge in [0.2, 0.25) is 0 Å². The van der Waals surface area contributed by atoms with Crippen LogP contribution in [-0.4, -0.2) is 103 Å². The first kappa shape index (κ1) is 29.3. The molecule has 0 amide bonds. The average molecular weight is 687 g/mol. The fourth-order valence-electron chi connectivity index (χ4n) is 5.91. The molecule has 45 heavy (non-hydrogen) atoms. The van der Waals surface area contributed by atoms with E-state index in [-0.39, 0.29) is 40.6 Å². The number of ether oxygens (including phenoxy) is 3. The van der Waals surface area contributed by atoms with Crippen molar-refractivity contribution in [2.24, 2.45) is 0 Å². The van der Waals surface area contributed by atoms with Crippen molar-refractivity contribution in [1.29, 1.82) is 0 Å². The first-order valence-corrected chi connectivity index (χ1v) is 17.2. The molecule has 4 aromatic heterocycles. The van der Waals surface area contributed by atoms with E-state index in [1.165, 1.54) is 28.1 Å². The maximum atomic E-state index is 16.0. The number of rotatable bonds is 2. The fourth-order valence-corrected chi connectivity index (χ4v) is 8.34. The number of imidazole rings is 2. The predicted molar refractivity (Wildman–Crippen MR) is 148 cm³/mol. The van der Waals surface area contributed by atoms with Crippen LogP contribution >= 0.6 is 6.72 Å². The Hall–Kier alpha value is -3.09. The van der Waals surface area contributed by atoms with Gasteiger partial charge in [0.25, 0.3) is 0 Å². The lowest BCUT2D eigenvalue weighted by Gasteiger charge is -2.37. The lowest BCUT2D eigenvalue weighted by atomic mass is 10.0. The Morgan fingerprint density at radius 2 is 1.64 bits per heavy atom. The van der Waals surface area contributed by atoms with Crippen LogP contribution in [0.4, 0.5) is 16.0 Å². The van der Waals surface area contributed by atoms with Crippen molar-refractivity contribution >= 4 is 62.8 Å². The van der Waals surface area contributed by atoms with Gasteiger partial charge in [-0.3, -0.25) is 9.13 Å². The molecule has 9 atom stereocenters. The molecular weight excluding hydrogens is 664 g/mol. The first-order chi connectivity index (χ1) is 21.5. The van der Waals surface area contributed by atoms with Crippen molar-refractivity contribution < 1.29 is 45.1 Å². The van der Waals surface area contributed by atoms with E-state index in [1.54, 1.807) is 0 Å². The monoisotopic (exact) mass is 686 g/mol. The summed E-state index contributed by atoms with van der Waals surface area (Å²) in [4.78, 5) is 37.9. The zero-order chi connectivity index (χ0) is 31.3. The van der Waals surface area contributed by atoms with Gasteiger partial charge in [0, 0.05) is 6.54 Å². The summed E-state index contributed by atoms with van der Waals surface area (Å²) in [5, 5.41) is 0. The molecule has 0 saturated carbocycles. The summed E-state index contributed by atoms with van der Waals surface area (Å²) in [7, 11) is -4.58. The standard InChI is InChI=1S/C21H23FN11O9PS2/c22-9-12-8(39-19(9)32-6-29-10-15(23)25-4-27-17(10)32)1-31-45(35,36)42-14-13-20(33-7-30-11-16(24)26-5-28-18(11)33)40-21(14,2-37-13)3-38-43(34,44)41-12/h4-9,12-14,19-20,31H,1-3H2,(H,34,44)(H2,23,25,27)(H2,24,26,28)/p-1/t8-,9-,12-,13-,14+,19-,20-,21-,43?/m1/s1. The molecule has 0 radical (unpaired) electrons. The van der Waals surface area contributed by atoms with Gasteiger partial charge in [0.15, 0.2) is 41.6 Å². The van der Waals surface area contributed by atoms with E-state index in [1.807, 2.05) is 0 Å². The van der Waals surface area contributed by atoms with Crippen LogP contribution in [0, 0.1) is 0 Å². The summed E-state index contributed by atoms with van der Waals surface area (Å²) in [5.41, 5.74) is 11.0. The number of hydrogen-bond acceptors (Lipinski definition) is 18. The van der Waals surface area contributed by atoms with E-state index in [0.717, 1.165) is 6.33 Å². The maximum Gasteiger partial charge on any atom is 0.336 e. The van der Waals surface area contributed by atoms with E-state index in [0.29, 0.717) is 0 Å². The van der Waals surface area contributed by atoms with Gasteiger partial charge < -0.3 is 39.6 Å². The number of fused-ring (bicyclic) bond motifs is 3. The largest absolute Gasteiger partial charge is 0.780 e. The molecule has 4 aliphatic heterocycles. The van der Waals surface area contributed by atoms with Crippen LogP contribution in [0.2, 0.25) is 0 Å². The minimum atomic E-state index is -4.58. The molecular formula is C21H22FN11O9PS2-. The van der Waals surface area contributed by atoms with Gasteiger partial charge in [-0.1, -0.05) is 11.8 Å². The maximum absolute atomic E-state index is 16.0. The third-order valence-corrected chi connectivity index (χ3v) is 10.5. The number of halogens is 1. The number of hydrogen-bond donors (Lipinski definition) is 3. The number of anilines is 2. The molecule has 4 fully saturated rings. The number of nitrogens with zero attached hydrogens (tertiary/aromatic N) is 8. The highest BCUT2D eigenvalue weighted by atomic mass is 32.5. The quantitative estimate of drug-likeness (QED) is 0.192. The third kappa shape index (κ3) is 4.69. The van der Waals surface area contributed by atoms with Crippen LogP contribution in [0.1, 0.15) is 12.5 Å². The van der Waals surface area contributed by atoms with Crippen molar-refractivity contribution in [2.45, 2.75) is 48.6 Å². The molecule has 2 bridgehead atoms. The highest BCUT2D eigenvalue weighted by Crippen LogP contribution is 2.52. The van der Waals surface area contributed by atoms with Gasteiger partial charge in [0.05, 0.1) is 25.9 Å². The van der Waals surface area contributed by atoms with E-state index >= 15 is 4.39 Å². The first-order valence-electron chi connectivity index (χ1n) is 13.2. The minimum Gasteiger partial charge on any atom is -0.780 e. The van der Waals surface area contributed by atoms with Crippen molar-refractivity contribution in [2.75, 3.05) is 31.2 Å². The summed E-state index contributed by atoms with van der Waals surface area (Å²) in [6.07, 6.45) is -4.89. The average Bonchev–Trinajstić information content (AvgIpc) is 3.80. The van der Waals surface area contributed by atoms with Gasteiger partial charge >= 0.3 is 10.3 Å². The topological polar surface area (TPSA) is 264 Å². The van der Waals surface area contributed by atoms with Crippen molar-refractivity contribution in [3.05, 3.63) is 25.3 Å². The molecule has 4 aliphatic rings. The third-order valence-electron chi connectivity index (χ3n) is 7.97. The summed E-state index contributed by atoms with van der Waals surface area (Å²) < 4.78 is 82.2. The highest BCUT2D eigenvalue weighted by molar-refractivity contribution is 8.06. The molecule has 0 aliphatic carbocycles. The Bertz CT molecular complexity index is 1990. The van der Waals surface area contributed by atoms with Gasteiger partial charge in [-0.2, -0.15) is 13.1 Å². The zero-order valence-electron chi connectivity index (χ0n) is 22.5.